The van der Waals surface area contributed by atoms with Crippen molar-refractivity contribution < 1.29 is 4.74 Å². The van der Waals surface area contributed by atoms with Gasteiger partial charge in [-0.2, -0.15) is 0 Å². The van der Waals surface area contributed by atoms with Crippen LogP contribution in [0.25, 0.3) is 0 Å². The molecule has 0 aromatic carbocycles. The van der Waals surface area contributed by atoms with Crippen molar-refractivity contribution in [3.63, 3.8) is 0 Å². The summed E-state index contributed by atoms with van der Waals surface area (Å²) in [5.41, 5.74) is 1.14. The molecule has 1 rings (SSSR count). The van der Waals surface area contributed by atoms with E-state index in [1.807, 2.05) is 25.1 Å². The lowest BCUT2D eigenvalue weighted by molar-refractivity contribution is 0.236. The lowest BCUT2D eigenvalue weighted by Gasteiger charge is -1.98. The molecular weight excluding hydrogens is 138 g/mol. The molecule has 58 valence electrons. The fourth-order valence-electron chi connectivity index (χ4n) is 0.720. The molecule has 0 amide bonds. The van der Waals surface area contributed by atoms with E-state index in [9.17, 15) is 0 Å². The molecule has 1 aromatic heterocycles. The lowest BCUT2D eigenvalue weighted by atomic mass is 10.3. The molecule has 0 N–H and O–H groups in total. The van der Waals surface area contributed by atoms with Gasteiger partial charge in [-0.3, -0.25) is 4.98 Å². The predicted molar refractivity (Wildman–Crippen MR) is 43.8 cm³/mol. The van der Waals surface area contributed by atoms with Crippen molar-refractivity contribution in [3.8, 4) is 0 Å². The fourth-order valence-corrected chi connectivity index (χ4v) is 0.720. The maximum atomic E-state index is 5.16. The average molecular weight is 149 g/mol. The highest BCUT2D eigenvalue weighted by molar-refractivity contribution is 5.08. The fraction of sp³-hybridized carbons (Fsp3) is 0.222. The van der Waals surface area contributed by atoms with E-state index >= 15 is 0 Å². The van der Waals surface area contributed by atoms with Crippen LogP contribution in [0.5, 0.6) is 0 Å². The number of ether oxygens (including phenoxy) is 1. The molecule has 2 nitrogen and oxygen atoms in total. The number of nitrogens with zero attached hydrogens (tertiary/aromatic N) is 1. The van der Waals surface area contributed by atoms with Crippen molar-refractivity contribution in [1.29, 1.82) is 0 Å². The first-order valence-corrected chi connectivity index (χ1v) is 3.55. The highest BCUT2D eigenvalue weighted by Gasteiger charge is 1.87. The summed E-state index contributed by atoms with van der Waals surface area (Å²) >= 11 is 0. The molecule has 0 fully saturated rings. The lowest BCUT2D eigenvalue weighted by Crippen LogP contribution is -1.85. The summed E-state index contributed by atoms with van der Waals surface area (Å²) in [6.45, 7) is 2.54. The molecule has 0 spiro atoms. The van der Waals surface area contributed by atoms with Crippen LogP contribution in [-0.2, 0) is 11.3 Å². The van der Waals surface area contributed by atoms with Gasteiger partial charge in [0.1, 0.15) is 6.61 Å². The van der Waals surface area contributed by atoms with Gasteiger partial charge in [-0.1, -0.05) is 6.08 Å². The predicted octanol–water partition coefficient (Wildman–Crippen LogP) is 2.13. The van der Waals surface area contributed by atoms with Crippen molar-refractivity contribution in [2.45, 2.75) is 13.5 Å². The van der Waals surface area contributed by atoms with Crippen molar-refractivity contribution >= 4 is 0 Å². The van der Waals surface area contributed by atoms with Crippen LogP contribution in [0.2, 0.25) is 0 Å². The molecule has 0 bridgehead atoms. The van der Waals surface area contributed by atoms with Crippen molar-refractivity contribution in [1.82, 2.24) is 4.98 Å². The standard InChI is InChI=1S/C9H11NO/c1-2-7-11-8-9-3-5-10-6-4-9/h2-7H,8H2,1H3/b7-2+. The van der Waals surface area contributed by atoms with Gasteiger partial charge in [0, 0.05) is 12.4 Å². The number of rotatable bonds is 3. The van der Waals surface area contributed by atoms with E-state index in [1.54, 1.807) is 18.7 Å². The first kappa shape index (κ1) is 7.79. The molecule has 0 aliphatic rings. The Labute approximate surface area is 66.5 Å². The Morgan fingerprint density at radius 3 is 2.82 bits per heavy atom. The van der Waals surface area contributed by atoms with Crippen LogP contribution in [0.3, 0.4) is 0 Å². The van der Waals surface area contributed by atoms with E-state index in [1.165, 1.54) is 0 Å². The van der Waals surface area contributed by atoms with Crippen molar-refractivity contribution in [3.05, 3.63) is 42.4 Å². The first-order valence-electron chi connectivity index (χ1n) is 3.55. The van der Waals surface area contributed by atoms with E-state index in [0.717, 1.165) is 5.56 Å². The molecule has 0 atom stereocenters. The van der Waals surface area contributed by atoms with Gasteiger partial charge >= 0.3 is 0 Å². The average Bonchev–Trinajstić information content (AvgIpc) is 2.07. The van der Waals surface area contributed by atoms with Crippen molar-refractivity contribution in [2.24, 2.45) is 0 Å². The minimum atomic E-state index is 0.618. The van der Waals surface area contributed by atoms with E-state index in [-0.39, 0.29) is 0 Å². The largest absolute Gasteiger partial charge is 0.497 e. The van der Waals surface area contributed by atoms with Crippen LogP contribution in [0.15, 0.2) is 36.9 Å². The Hall–Kier alpha value is -1.31. The molecule has 1 heterocycles. The Bertz CT molecular complexity index is 218. The number of aromatic nitrogens is 1. The van der Waals surface area contributed by atoms with Gasteiger partial charge < -0.3 is 4.74 Å². The van der Waals surface area contributed by atoms with Crippen LogP contribution in [0.4, 0.5) is 0 Å². The second-order valence-electron chi connectivity index (χ2n) is 2.14. The van der Waals surface area contributed by atoms with Gasteiger partial charge in [0.25, 0.3) is 0 Å². The number of hydrogen-bond donors (Lipinski definition) is 0. The summed E-state index contributed by atoms with van der Waals surface area (Å²) in [6, 6.07) is 3.87. The summed E-state index contributed by atoms with van der Waals surface area (Å²) in [7, 11) is 0. The molecule has 0 aliphatic heterocycles. The highest BCUT2D eigenvalue weighted by atomic mass is 16.5. The maximum Gasteiger partial charge on any atom is 0.112 e. The van der Waals surface area contributed by atoms with Gasteiger partial charge in [-0.05, 0) is 24.6 Å². The van der Waals surface area contributed by atoms with Gasteiger partial charge in [0.2, 0.25) is 0 Å². The molecule has 1 aromatic rings. The maximum absolute atomic E-state index is 5.16. The monoisotopic (exact) mass is 149 g/mol. The molecule has 11 heavy (non-hydrogen) atoms. The zero-order chi connectivity index (χ0) is 7.94. The van der Waals surface area contributed by atoms with Crippen LogP contribution in [0, 0.1) is 0 Å². The van der Waals surface area contributed by atoms with Gasteiger partial charge in [-0.25, -0.2) is 0 Å². The molecule has 2 heteroatoms. The van der Waals surface area contributed by atoms with Crippen LogP contribution < -0.4 is 0 Å². The smallest absolute Gasteiger partial charge is 0.112 e. The first-order chi connectivity index (χ1) is 5.43. The summed E-state index contributed by atoms with van der Waals surface area (Å²) < 4.78 is 5.16. The van der Waals surface area contributed by atoms with E-state index in [4.69, 9.17) is 4.74 Å². The molecule has 0 aliphatic carbocycles. The Kier molecular flexibility index (Phi) is 3.19. The van der Waals surface area contributed by atoms with Crippen LogP contribution in [-0.4, -0.2) is 4.98 Å². The minimum absolute atomic E-state index is 0.618. The van der Waals surface area contributed by atoms with E-state index < -0.39 is 0 Å². The Balaban J connectivity index is 2.39. The van der Waals surface area contributed by atoms with Gasteiger partial charge in [0.05, 0.1) is 6.26 Å². The molecular formula is C9H11NO. The third-order valence-corrected chi connectivity index (χ3v) is 1.23. The summed E-state index contributed by atoms with van der Waals surface area (Å²) in [6.07, 6.45) is 7.06. The summed E-state index contributed by atoms with van der Waals surface area (Å²) in [4.78, 5) is 3.90. The minimum Gasteiger partial charge on any atom is -0.497 e. The molecule has 0 radical (unpaired) electrons. The van der Waals surface area contributed by atoms with Gasteiger partial charge in [0.15, 0.2) is 0 Å². The number of hydrogen-bond acceptors (Lipinski definition) is 2. The number of allylic oxidation sites excluding steroid dienone is 1. The number of pyridine rings is 1. The molecule has 0 saturated heterocycles. The summed E-state index contributed by atoms with van der Waals surface area (Å²) in [5, 5.41) is 0. The second-order valence-corrected chi connectivity index (χ2v) is 2.14. The van der Waals surface area contributed by atoms with Crippen LogP contribution in [0.1, 0.15) is 12.5 Å². The highest BCUT2D eigenvalue weighted by Crippen LogP contribution is 1.98. The van der Waals surface area contributed by atoms with Gasteiger partial charge in [-0.15, -0.1) is 0 Å². The van der Waals surface area contributed by atoms with E-state index in [0.29, 0.717) is 6.61 Å². The second kappa shape index (κ2) is 4.50. The quantitative estimate of drug-likeness (QED) is 0.614. The summed E-state index contributed by atoms with van der Waals surface area (Å²) in [5.74, 6) is 0. The third kappa shape index (κ3) is 2.85. The normalized spacial score (nSPS) is 10.3. The molecule has 0 saturated carbocycles. The van der Waals surface area contributed by atoms with Crippen LogP contribution >= 0.6 is 0 Å². The third-order valence-electron chi connectivity index (χ3n) is 1.23. The van der Waals surface area contributed by atoms with Crippen molar-refractivity contribution in [2.75, 3.05) is 0 Å². The topological polar surface area (TPSA) is 22.1 Å². The zero-order valence-corrected chi connectivity index (χ0v) is 6.53. The molecule has 0 unspecified atom stereocenters. The Morgan fingerprint density at radius 1 is 1.45 bits per heavy atom. The zero-order valence-electron chi connectivity index (χ0n) is 6.53. The van der Waals surface area contributed by atoms with E-state index in [2.05, 4.69) is 4.98 Å². The Morgan fingerprint density at radius 2 is 2.18 bits per heavy atom. The SMILES string of the molecule is C/C=C/OCc1ccncc1.